The van der Waals surface area contributed by atoms with Crippen LogP contribution in [0.2, 0.25) is 0 Å². The Labute approximate surface area is 138 Å². The zero-order valence-corrected chi connectivity index (χ0v) is 14.0. The summed E-state index contributed by atoms with van der Waals surface area (Å²) in [7, 11) is 0. The Morgan fingerprint density at radius 2 is 1.78 bits per heavy atom. The van der Waals surface area contributed by atoms with Gasteiger partial charge in [-0.25, -0.2) is 0 Å². The van der Waals surface area contributed by atoms with Gasteiger partial charge in [-0.05, 0) is 36.5 Å². The van der Waals surface area contributed by atoms with E-state index in [9.17, 15) is 10.1 Å². The molecule has 1 aromatic rings. The van der Waals surface area contributed by atoms with E-state index in [1.54, 1.807) is 6.20 Å². The van der Waals surface area contributed by atoms with E-state index in [2.05, 4.69) is 24.1 Å². The van der Waals surface area contributed by atoms with Crippen molar-refractivity contribution in [1.82, 2.24) is 4.90 Å². The average Bonchev–Trinajstić information content (AvgIpc) is 2.81. The number of amides is 1. The predicted molar refractivity (Wildman–Crippen MR) is 92.9 cm³/mol. The molecule has 1 N–H and O–H groups in total. The average molecular weight is 311 g/mol. The van der Waals surface area contributed by atoms with Crippen LogP contribution in [-0.4, -0.2) is 23.9 Å². The maximum absolute atomic E-state index is 12.3. The van der Waals surface area contributed by atoms with Crippen LogP contribution < -0.4 is 5.32 Å². The van der Waals surface area contributed by atoms with Crippen LogP contribution in [0.1, 0.15) is 51.0 Å². The first kappa shape index (κ1) is 17.1. The van der Waals surface area contributed by atoms with Crippen LogP contribution >= 0.6 is 0 Å². The number of rotatable bonds is 4. The number of hydrogen-bond donors (Lipinski definition) is 1. The molecule has 0 bridgehead atoms. The smallest absolute Gasteiger partial charge is 0.267 e. The molecule has 2 rings (SSSR count). The molecular formula is C19H25N3O. The van der Waals surface area contributed by atoms with Gasteiger partial charge in [-0.3, -0.25) is 4.79 Å². The van der Waals surface area contributed by atoms with Crippen LogP contribution in [-0.2, 0) is 4.79 Å². The highest BCUT2D eigenvalue weighted by Gasteiger charge is 2.13. The van der Waals surface area contributed by atoms with Crippen molar-refractivity contribution in [2.24, 2.45) is 0 Å². The van der Waals surface area contributed by atoms with Gasteiger partial charge >= 0.3 is 0 Å². The second kappa shape index (κ2) is 8.38. The third kappa shape index (κ3) is 5.14. The monoisotopic (exact) mass is 311 g/mol. The summed E-state index contributed by atoms with van der Waals surface area (Å²) in [4.78, 5) is 14.4. The van der Waals surface area contributed by atoms with E-state index in [1.165, 1.54) is 18.4 Å². The summed E-state index contributed by atoms with van der Waals surface area (Å²) in [6, 6.07) is 9.80. The first-order valence-corrected chi connectivity index (χ1v) is 8.37. The lowest BCUT2D eigenvalue weighted by Gasteiger charge is -2.17. The highest BCUT2D eigenvalue weighted by atomic mass is 16.1. The molecule has 0 aromatic heterocycles. The molecule has 1 aliphatic rings. The molecule has 4 heteroatoms. The summed E-state index contributed by atoms with van der Waals surface area (Å²) >= 11 is 0. The van der Waals surface area contributed by atoms with Crippen LogP contribution in [0.25, 0.3) is 0 Å². The van der Waals surface area contributed by atoms with Gasteiger partial charge < -0.3 is 10.2 Å². The number of anilines is 1. The van der Waals surface area contributed by atoms with E-state index in [4.69, 9.17) is 0 Å². The van der Waals surface area contributed by atoms with Crippen molar-refractivity contribution < 1.29 is 4.79 Å². The van der Waals surface area contributed by atoms with Crippen molar-refractivity contribution in [3.63, 3.8) is 0 Å². The van der Waals surface area contributed by atoms with Gasteiger partial charge in [0.05, 0.1) is 0 Å². The molecule has 1 amide bonds. The van der Waals surface area contributed by atoms with Crippen molar-refractivity contribution in [3.05, 3.63) is 41.6 Å². The molecule has 0 spiro atoms. The Hall–Kier alpha value is -2.28. The van der Waals surface area contributed by atoms with Crippen LogP contribution in [0.3, 0.4) is 0 Å². The van der Waals surface area contributed by atoms with Crippen LogP contribution in [0, 0.1) is 11.3 Å². The maximum Gasteiger partial charge on any atom is 0.267 e. The Kier molecular flexibility index (Phi) is 6.22. The molecule has 1 heterocycles. The van der Waals surface area contributed by atoms with Gasteiger partial charge in [0.2, 0.25) is 0 Å². The number of nitrogens with zero attached hydrogens (tertiary/aromatic N) is 2. The van der Waals surface area contributed by atoms with E-state index in [-0.39, 0.29) is 11.5 Å². The molecule has 1 aliphatic heterocycles. The minimum Gasteiger partial charge on any atom is -0.376 e. The fourth-order valence-electron chi connectivity index (χ4n) is 2.69. The van der Waals surface area contributed by atoms with Crippen LogP contribution in [0.15, 0.2) is 36.0 Å². The minimum atomic E-state index is -0.339. The summed E-state index contributed by atoms with van der Waals surface area (Å²) in [5.74, 6) is 0.117. The summed E-state index contributed by atoms with van der Waals surface area (Å²) in [5.41, 5.74) is 2.11. The topological polar surface area (TPSA) is 56.1 Å². The number of nitriles is 1. The lowest BCUT2D eigenvalue weighted by molar-refractivity contribution is -0.112. The van der Waals surface area contributed by atoms with Gasteiger partial charge in [-0.15, -0.1) is 0 Å². The van der Waals surface area contributed by atoms with E-state index < -0.39 is 0 Å². The number of likely N-dealkylation sites (tertiary alicyclic amines) is 1. The Morgan fingerprint density at radius 3 is 2.30 bits per heavy atom. The van der Waals surface area contributed by atoms with E-state index in [1.807, 2.05) is 30.3 Å². The number of nitrogens with one attached hydrogen (secondary N) is 1. The molecule has 0 atom stereocenters. The van der Waals surface area contributed by atoms with Crippen molar-refractivity contribution in [3.8, 4) is 6.07 Å². The number of carbonyl (C=O) groups is 1. The molecule has 0 unspecified atom stereocenters. The van der Waals surface area contributed by atoms with E-state index >= 15 is 0 Å². The maximum atomic E-state index is 12.3. The molecule has 0 aliphatic carbocycles. The van der Waals surface area contributed by atoms with Crippen molar-refractivity contribution in [1.29, 1.82) is 5.26 Å². The number of benzene rings is 1. The van der Waals surface area contributed by atoms with Gasteiger partial charge in [0, 0.05) is 25.0 Å². The molecule has 1 aromatic carbocycles. The van der Waals surface area contributed by atoms with Gasteiger partial charge in [0.15, 0.2) is 0 Å². The molecule has 1 fully saturated rings. The Morgan fingerprint density at radius 1 is 1.17 bits per heavy atom. The second-order valence-electron chi connectivity index (χ2n) is 6.34. The number of hydrogen-bond acceptors (Lipinski definition) is 3. The minimum absolute atomic E-state index is 0.167. The van der Waals surface area contributed by atoms with Gasteiger partial charge in [-0.2, -0.15) is 5.26 Å². The van der Waals surface area contributed by atoms with Crippen molar-refractivity contribution in [2.45, 2.75) is 45.4 Å². The predicted octanol–water partition coefficient (Wildman–Crippen LogP) is 4.03. The first-order valence-electron chi connectivity index (χ1n) is 8.37. The molecule has 122 valence electrons. The van der Waals surface area contributed by atoms with Gasteiger partial charge in [0.25, 0.3) is 5.91 Å². The largest absolute Gasteiger partial charge is 0.376 e. The zero-order valence-electron chi connectivity index (χ0n) is 14.0. The molecule has 1 saturated heterocycles. The van der Waals surface area contributed by atoms with Crippen molar-refractivity contribution >= 4 is 11.6 Å². The fourth-order valence-corrected chi connectivity index (χ4v) is 2.69. The van der Waals surface area contributed by atoms with Crippen LogP contribution in [0.5, 0.6) is 0 Å². The molecule has 4 nitrogen and oxygen atoms in total. The van der Waals surface area contributed by atoms with E-state index in [0.717, 1.165) is 31.6 Å². The first-order chi connectivity index (χ1) is 11.1. The van der Waals surface area contributed by atoms with Crippen molar-refractivity contribution in [2.75, 3.05) is 18.4 Å². The Balaban J connectivity index is 2.03. The second-order valence-corrected chi connectivity index (χ2v) is 6.34. The molecule has 0 radical (unpaired) electrons. The lowest BCUT2D eigenvalue weighted by Crippen LogP contribution is -2.22. The molecular weight excluding hydrogens is 286 g/mol. The SMILES string of the molecule is CC(C)c1ccc(NC(=O)/C(C#N)=C\N2CCCCCC2)cc1. The van der Waals surface area contributed by atoms with Crippen LogP contribution in [0.4, 0.5) is 5.69 Å². The fraction of sp³-hybridized carbons (Fsp3) is 0.474. The zero-order chi connectivity index (χ0) is 16.7. The van der Waals surface area contributed by atoms with E-state index in [0.29, 0.717) is 5.92 Å². The summed E-state index contributed by atoms with van der Waals surface area (Å²) < 4.78 is 0. The van der Waals surface area contributed by atoms with Gasteiger partial charge in [0.1, 0.15) is 11.6 Å². The molecule has 0 saturated carbocycles. The van der Waals surface area contributed by atoms with Gasteiger partial charge in [-0.1, -0.05) is 38.8 Å². The summed E-state index contributed by atoms with van der Waals surface area (Å²) in [5, 5.41) is 12.1. The highest BCUT2D eigenvalue weighted by molar-refractivity contribution is 6.06. The number of carbonyl (C=O) groups excluding carboxylic acids is 1. The highest BCUT2D eigenvalue weighted by Crippen LogP contribution is 2.18. The third-order valence-electron chi connectivity index (χ3n) is 4.15. The Bertz CT molecular complexity index is 588. The molecule has 23 heavy (non-hydrogen) atoms. The summed E-state index contributed by atoms with van der Waals surface area (Å²) in [6.45, 7) is 6.10. The quantitative estimate of drug-likeness (QED) is 0.674. The normalized spacial score (nSPS) is 15.9. The standard InChI is InChI=1S/C19H25N3O/c1-15(2)16-7-9-18(10-8-16)21-19(23)17(13-20)14-22-11-5-3-4-6-12-22/h7-10,14-15H,3-6,11-12H2,1-2H3,(H,21,23)/b17-14-. The third-order valence-corrected chi connectivity index (χ3v) is 4.15. The lowest BCUT2D eigenvalue weighted by atomic mass is 10.0. The summed E-state index contributed by atoms with van der Waals surface area (Å²) in [6.07, 6.45) is 6.39.